The molecule has 0 atom stereocenters. The number of hydrazone groups is 1. The minimum atomic E-state index is -0.329. The van der Waals surface area contributed by atoms with Crippen molar-refractivity contribution in [1.82, 2.24) is 15.2 Å². The van der Waals surface area contributed by atoms with Crippen molar-refractivity contribution in [3.63, 3.8) is 0 Å². The Balaban J connectivity index is 1.41. The summed E-state index contributed by atoms with van der Waals surface area (Å²) in [6.07, 6.45) is 5.03. The van der Waals surface area contributed by atoms with Gasteiger partial charge in [0.05, 0.1) is 18.1 Å². The molecule has 1 amide bonds. The SMILES string of the molecule is O=C(N/N=C\c1cnn(-c2ccccc2)c1)c1ccc2c(c1)OCO2. The van der Waals surface area contributed by atoms with Crippen LogP contribution in [0.5, 0.6) is 11.5 Å². The summed E-state index contributed by atoms with van der Waals surface area (Å²) in [6, 6.07) is 14.7. The van der Waals surface area contributed by atoms with Crippen LogP contribution in [-0.2, 0) is 0 Å². The van der Waals surface area contributed by atoms with Gasteiger partial charge >= 0.3 is 0 Å². The Morgan fingerprint density at radius 2 is 2.00 bits per heavy atom. The third-order valence-electron chi connectivity index (χ3n) is 3.64. The van der Waals surface area contributed by atoms with E-state index < -0.39 is 0 Å². The molecular formula is C18H14N4O3. The van der Waals surface area contributed by atoms with Crippen LogP contribution < -0.4 is 14.9 Å². The van der Waals surface area contributed by atoms with Gasteiger partial charge in [-0.25, -0.2) is 10.1 Å². The van der Waals surface area contributed by atoms with Gasteiger partial charge in [0.25, 0.3) is 5.91 Å². The minimum Gasteiger partial charge on any atom is -0.454 e. The molecule has 1 aliphatic rings. The molecule has 0 saturated carbocycles. The third-order valence-corrected chi connectivity index (χ3v) is 3.64. The number of nitrogens with one attached hydrogen (secondary N) is 1. The topological polar surface area (TPSA) is 77.7 Å². The van der Waals surface area contributed by atoms with Crippen molar-refractivity contribution in [2.24, 2.45) is 5.10 Å². The molecule has 0 saturated heterocycles. The quantitative estimate of drug-likeness (QED) is 0.587. The van der Waals surface area contributed by atoms with Crippen molar-refractivity contribution >= 4 is 12.1 Å². The zero-order chi connectivity index (χ0) is 17.1. The number of hydrogen-bond acceptors (Lipinski definition) is 5. The van der Waals surface area contributed by atoms with Crippen molar-refractivity contribution in [3.8, 4) is 17.2 Å². The normalized spacial score (nSPS) is 12.5. The summed E-state index contributed by atoms with van der Waals surface area (Å²) in [7, 11) is 0. The molecule has 7 nitrogen and oxygen atoms in total. The summed E-state index contributed by atoms with van der Waals surface area (Å²) in [6.45, 7) is 0.171. The second kappa shape index (κ2) is 6.48. The zero-order valence-electron chi connectivity index (χ0n) is 13.1. The van der Waals surface area contributed by atoms with Gasteiger partial charge in [0.15, 0.2) is 11.5 Å². The largest absolute Gasteiger partial charge is 0.454 e. The lowest BCUT2D eigenvalue weighted by Crippen LogP contribution is -2.17. The van der Waals surface area contributed by atoms with Gasteiger partial charge in [0.1, 0.15) is 0 Å². The van der Waals surface area contributed by atoms with Gasteiger partial charge < -0.3 is 9.47 Å². The molecule has 3 aromatic rings. The van der Waals surface area contributed by atoms with Gasteiger partial charge in [-0.3, -0.25) is 4.79 Å². The molecule has 0 aliphatic carbocycles. The van der Waals surface area contributed by atoms with Gasteiger partial charge in [-0.05, 0) is 30.3 Å². The zero-order valence-corrected chi connectivity index (χ0v) is 13.1. The fourth-order valence-corrected chi connectivity index (χ4v) is 2.39. The van der Waals surface area contributed by atoms with Crippen molar-refractivity contribution in [2.75, 3.05) is 6.79 Å². The molecule has 0 unspecified atom stereocenters. The second-order valence-corrected chi connectivity index (χ2v) is 5.32. The van der Waals surface area contributed by atoms with Gasteiger partial charge in [0.2, 0.25) is 6.79 Å². The lowest BCUT2D eigenvalue weighted by Gasteiger charge is -2.01. The lowest BCUT2D eigenvalue weighted by molar-refractivity contribution is 0.0954. The number of fused-ring (bicyclic) bond motifs is 1. The Kier molecular flexibility index (Phi) is 3.88. The highest BCUT2D eigenvalue weighted by Crippen LogP contribution is 2.32. The predicted octanol–water partition coefficient (Wildman–Crippen LogP) is 2.36. The van der Waals surface area contributed by atoms with E-state index in [2.05, 4.69) is 15.6 Å². The van der Waals surface area contributed by atoms with E-state index in [9.17, 15) is 4.79 Å². The van der Waals surface area contributed by atoms with Crippen LogP contribution in [0, 0.1) is 0 Å². The Bertz CT molecular complexity index is 935. The molecule has 4 rings (SSSR count). The highest BCUT2D eigenvalue weighted by Gasteiger charge is 2.15. The molecule has 7 heteroatoms. The van der Waals surface area contributed by atoms with Crippen LogP contribution in [0.3, 0.4) is 0 Å². The number of nitrogens with zero attached hydrogens (tertiary/aromatic N) is 3. The van der Waals surface area contributed by atoms with Gasteiger partial charge in [-0.15, -0.1) is 0 Å². The first kappa shape index (κ1) is 14.9. The van der Waals surface area contributed by atoms with Crippen LogP contribution in [0.15, 0.2) is 66.0 Å². The molecule has 0 radical (unpaired) electrons. The van der Waals surface area contributed by atoms with Crippen LogP contribution in [0.1, 0.15) is 15.9 Å². The summed E-state index contributed by atoms with van der Waals surface area (Å²) in [5.41, 5.74) is 4.65. The molecule has 25 heavy (non-hydrogen) atoms. The number of para-hydroxylation sites is 1. The van der Waals surface area contributed by atoms with Gasteiger partial charge in [0, 0.05) is 17.3 Å². The predicted molar refractivity (Wildman–Crippen MR) is 91.2 cm³/mol. The number of rotatable bonds is 4. The molecule has 1 aromatic heterocycles. The number of benzene rings is 2. The van der Waals surface area contributed by atoms with Crippen molar-refractivity contribution in [1.29, 1.82) is 0 Å². The molecule has 1 N–H and O–H groups in total. The maximum absolute atomic E-state index is 12.1. The summed E-state index contributed by atoms with van der Waals surface area (Å²) < 4.78 is 12.2. The fraction of sp³-hybridized carbons (Fsp3) is 0.0556. The summed E-state index contributed by atoms with van der Waals surface area (Å²) in [5, 5.41) is 8.23. The number of carbonyl (C=O) groups excluding carboxylic acids is 1. The Hall–Kier alpha value is -3.61. The minimum absolute atomic E-state index is 0.171. The summed E-state index contributed by atoms with van der Waals surface area (Å²) in [5.74, 6) is 0.860. The van der Waals surface area contributed by atoms with Crippen molar-refractivity contribution < 1.29 is 14.3 Å². The first-order valence-corrected chi connectivity index (χ1v) is 7.63. The summed E-state index contributed by atoms with van der Waals surface area (Å²) >= 11 is 0. The number of ether oxygens (including phenoxy) is 2. The number of carbonyl (C=O) groups is 1. The molecule has 1 aliphatic heterocycles. The fourth-order valence-electron chi connectivity index (χ4n) is 2.39. The highest BCUT2D eigenvalue weighted by atomic mass is 16.7. The number of amides is 1. The number of aromatic nitrogens is 2. The second-order valence-electron chi connectivity index (χ2n) is 5.32. The maximum atomic E-state index is 12.1. The Labute approximate surface area is 143 Å². The van der Waals surface area contributed by atoms with E-state index in [1.807, 2.05) is 36.5 Å². The van der Waals surface area contributed by atoms with E-state index in [4.69, 9.17) is 9.47 Å². The van der Waals surface area contributed by atoms with Gasteiger partial charge in [-0.1, -0.05) is 18.2 Å². The molecule has 2 aromatic carbocycles. The molecule has 0 spiro atoms. The first-order valence-electron chi connectivity index (χ1n) is 7.63. The van der Waals surface area contributed by atoms with E-state index in [0.29, 0.717) is 17.1 Å². The standard InChI is InChI=1S/C18H14N4O3/c23-18(14-6-7-16-17(8-14)25-12-24-16)21-19-9-13-10-20-22(11-13)15-4-2-1-3-5-15/h1-11H,12H2,(H,21,23)/b19-9-. The smallest absolute Gasteiger partial charge is 0.271 e. The van der Waals surface area contributed by atoms with Crippen molar-refractivity contribution in [3.05, 3.63) is 72.1 Å². The van der Waals surface area contributed by atoms with Crippen LogP contribution in [0.4, 0.5) is 0 Å². The van der Waals surface area contributed by atoms with E-state index in [1.165, 1.54) is 6.21 Å². The van der Waals surface area contributed by atoms with Crippen LogP contribution in [0.2, 0.25) is 0 Å². The average Bonchev–Trinajstić information content (AvgIpc) is 3.31. The lowest BCUT2D eigenvalue weighted by atomic mass is 10.2. The highest BCUT2D eigenvalue weighted by molar-refractivity contribution is 5.95. The molecular weight excluding hydrogens is 320 g/mol. The van der Waals surface area contributed by atoms with Crippen LogP contribution >= 0.6 is 0 Å². The van der Waals surface area contributed by atoms with E-state index in [-0.39, 0.29) is 12.7 Å². The molecule has 0 fully saturated rings. The van der Waals surface area contributed by atoms with E-state index in [1.54, 1.807) is 29.1 Å². The molecule has 2 heterocycles. The Morgan fingerprint density at radius 3 is 2.88 bits per heavy atom. The average molecular weight is 334 g/mol. The third kappa shape index (κ3) is 3.20. The van der Waals surface area contributed by atoms with Gasteiger partial charge in [-0.2, -0.15) is 10.2 Å². The molecule has 124 valence electrons. The van der Waals surface area contributed by atoms with E-state index >= 15 is 0 Å². The van der Waals surface area contributed by atoms with Crippen molar-refractivity contribution in [2.45, 2.75) is 0 Å². The monoisotopic (exact) mass is 334 g/mol. The Morgan fingerprint density at radius 1 is 1.16 bits per heavy atom. The maximum Gasteiger partial charge on any atom is 0.271 e. The number of hydrogen-bond donors (Lipinski definition) is 1. The summed E-state index contributed by atoms with van der Waals surface area (Å²) in [4.78, 5) is 12.1. The van der Waals surface area contributed by atoms with Crippen LogP contribution in [-0.4, -0.2) is 28.7 Å². The molecule has 0 bridgehead atoms. The first-order chi connectivity index (χ1) is 12.3. The van der Waals surface area contributed by atoms with E-state index in [0.717, 1.165) is 11.3 Å². The van der Waals surface area contributed by atoms with Crippen LogP contribution in [0.25, 0.3) is 5.69 Å².